The van der Waals surface area contributed by atoms with Gasteiger partial charge in [0.1, 0.15) is 23.9 Å². The van der Waals surface area contributed by atoms with Gasteiger partial charge >= 0.3 is 0 Å². The van der Waals surface area contributed by atoms with Gasteiger partial charge in [-0.1, -0.05) is 0 Å². The molecule has 2 aromatic carbocycles. The summed E-state index contributed by atoms with van der Waals surface area (Å²) in [6.07, 6.45) is 0. The van der Waals surface area contributed by atoms with E-state index in [2.05, 4.69) is 0 Å². The fraction of sp³-hybridized carbons (Fsp3) is 0.0667. The summed E-state index contributed by atoms with van der Waals surface area (Å²) in [5.41, 5.74) is 0.965. The molecule has 0 unspecified atom stereocenters. The second-order valence-corrected chi connectivity index (χ2v) is 5.10. The molecule has 2 nitrogen and oxygen atoms in total. The molecule has 3 rings (SSSR count). The lowest BCUT2D eigenvalue weighted by Gasteiger charge is -2.05. The first-order chi connectivity index (χ1) is 9.22. The average molecular weight is 274 g/mol. The third-order valence-electron chi connectivity index (χ3n) is 2.85. The van der Waals surface area contributed by atoms with Crippen LogP contribution in [0.15, 0.2) is 47.8 Å². The van der Waals surface area contributed by atoms with Crippen LogP contribution in [-0.4, -0.2) is 5.11 Å². The molecular formula is C15H11FO2S. The lowest BCUT2D eigenvalue weighted by atomic mass is 10.2. The average Bonchev–Trinajstić information content (AvgIpc) is 2.80. The third-order valence-corrected chi connectivity index (χ3v) is 3.86. The molecule has 0 atom stereocenters. The minimum atomic E-state index is -0.239. The van der Waals surface area contributed by atoms with Crippen LogP contribution in [0.3, 0.4) is 0 Å². The SMILES string of the molecule is Oc1ccc(OCc2csc3ccc(F)cc23)cc1. The van der Waals surface area contributed by atoms with Crippen molar-refractivity contribution in [3.05, 3.63) is 59.2 Å². The number of rotatable bonds is 3. The van der Waals surface area contributed by atoms with E-state index in [4.69, 9.17) is 4.74 Å². The number of hydrogen-bond donors (Lipinski definition) is 1. The minimum absolute atomic E-state index is 0.204. The fourth-order valence-corrected chi connectivity index (χ4v) is 2.80. The molecule has 3 aromatic rings. The molecular weight excluding hydrogens is 263 g/mol. The molecule has 0 saturated heterocycles. The Bertz CT molecular complexity index is 704. The van der Waals surface area contributed by atoms with Crippen molar-refractivity contribution >= 4 is 21.4 Å². The van der Waals surface area contributed by atoms with E-state index in [0.29, 0.717) is 12.4 Å². The molecule has 0 saturated carbocycles. The summed E-state index contributed by atoms with van der Waals surface area (Å²) in [6, 6.07) is 11.3. The second kappa shape index (κ2) is 4.90. The Morgan fingerprint density at radius 1 is 1.11 bits per heavy atom. The highest BCUT2D eigenvalue weighted by Crippen LogP contribution is 2.28. The topological polar surface area (TPSA) is 29.5 Å². The molecule has 1 N–H and O–H groups in total. The monoisotopic (exact) mass is 274 g/mol. The Kier molecular flexibility index (Phi) is 3.09. The molecule has 1 heterocycles. The van der Waals surface area contributed by atoms with Gasteiger partial charge in [-0.2, -0.15) is 0 Å². The quantitative estimate of drug-likeness (QED) is 0.770. The van der Waals surface area contributed by atoms with Crippen molar-refractivity contribution < 1.29 is 14.2 Å². The van der Waals surface area contributed by atoms with Crippen molar-refractivity contribution in [2.75, 3.05) is 0 Å². The van der Waals surface area contributed by atoms with Gasteiger partial charge in [-0.25, -0.2) is 4.39 Å². The van der Waals surface area contributed by atoms with Crippen LogP contribution in [0.5, 0.6) is 11.5 Å². The summed E-state index contributed by atoms with van der Waals surface area (Å²) in [5.74, 6) is 0.640. The zero-order chi connectivity index (χ0) is 13.2. The number of benzene rings is 2. The van der Waals surface area contributed by atoms with Crippen LogP contribution < -0.4 is 4.74 Å². The van der Waals surface area contributed by atoms with Crippen LogP contribution in [-0.2, 0) is 6.61 Å². The summed E-state index contributed by atoms with van der Waals surface area (Å²) in [6.45, 7) is 0.383. The first-order valence-electron chi connectivity index (χ1n) is 5.80. The smallest absolute Gasteiger partial charge is 0.123 e. The van der Waals surface area contributed by atoms with Gasteiger partial charge in [-0.3, -0.25) is 0 Å². The number of fused-ring (bicyclic) bond motifs is 1. The van der Waals surface area contributed by atoms with Gasteiger partial charge < -0.3 is 9.84 Å². The van der Waals surface area contributed by atoms with Gasteiger partial charge in [-0.15, -0.1) is 11.3 Å². The molecule has 0 amide bonds. The first-order valence-corrected chi connectivity index (χ1v) is 6.68. The van der Waals surface area contributed by atoms with E-state index in [1.165, 1.54) is 12.1 Å². The summed E-state index contributed by atoms with van der Waals surface area (Å²) in [7, 11) is 0. The van der Waals surface area contributed by atoms with Gasteiger partial charge in [0.05, 0.1) is 0 Å². The van der Waals surface area contributed by atoms with E-state index < -0.39 is 0 Å². The maximum absolute atomic E-state index is 13.2. The Labute approximate surface area is 113 Å². The van der Waals surface area contributed by atoms with Crippen molar-refractivity contribution in [1.82, 2.24) is 0 Å². The summed E-state index contributed by atoms with van der Waals surface area (Å²) >= 11 is 1.57. The van der Waals surface area contributed by atoms with Crippen LogP contribution in [0.1, 0.15) is 5.56 Å². The Balaban J connectivity index is 1.81. The molecule has 1 aromatic heterocycles. The molecule has 19 heavy (non-hydrogen) atoms. The van der Waals surface area contributed by atoms with E-state index in [9.17, 15) is 9.50 Å². The lowest BCUT2D eigenvalue weighted by molar-refractivity contribution is 0.307. The van der Waals surface area contributed by atoms with E-state index in [0.717, 1.165) is 15.6 Å². The normalized spacial score (nSPS) is 10.8. The van der Waals surface area contributed by atoms with Gasteiger partial charge in [0.15, 0.2) is 0 Å². The van der Waals surface area contributed by atoms with E-state index in [1.54, 1.807) is 41.7 Å². The van der Waals surface area contributed by atoms with Crippen LogP contribution in [0.2, 0.25) is 0 Å². The number of halogens is 1. The predicted molar refractivity (Wildman–Crippen MR) is 74.2 cm³/mol. The number of phenols is 1. The van der Waals surface area contributed by atoms with E-state index >= 15 is 0 Å². The van der Waals surface area contributed by atoms with Crippen LogP contribution in [0.25, 0.3) is 10.1 Å². The van der Waals surface area contributed by atoms with Crippen LogP contribution in [0.4, 0.5) is 4.39 Å². The first kappa shape index (κ1) is 12.0. The Morgan fingerprint density at radius 2 is 1.89 bits per heavy atom. The van der Waals surface area contributed by atoms with Gasteiger partial charge in [0, 0.05) is 15.6 Å². The molecule has 0 bridgehead atoms. The predicted octanol–water partition coefficient (Wildman–Crippen LogP) is 4.33. The maximum Gasteiger partial charge on any atom is 0.123 e. The number of aromatic hydroxyl groups is 1. The Morgan fingerprint density at radius 3 is 2.68 bits per heavy atom. The highest BCUT2D eigenvalue weighted by molar-refractivity contribution is 7.17. The third kappa shape index (κ3) is 2.53. The van der Waals surface area contributed by atoms with Crippen molar-refractivity contribution in [2.45, 2.75) is 6.61 Å². The lowest BCUT2D eigenvalue weighted by Crippen LogP contribution is -1.94. The largest absolute Gasteiger partial charge is 0.508 e. The highest BCUT2D eigenvalue weighted by atomic mass is 32.1. The number of thiophene rings is 1. The molecule has 0 spiro atoms. The summed E-state index contributed by atoms with van der Waals surface area (Å²) < 4.78 is 19.9. The molecule has 0 aliphatic heterocycles. The number of hydrogen-bond acceptors (Lipinski definition) is 3. The van der Waals surface area contributed by atoms with Crippen molar-refractivity contribution in [2.24, 2.45) is 0 Å². The van der Waals surface area contributed by atoms with Crippen molar-refractivity contribution in [3.63, 3.8) is 0 Å². The van der Waals surface area contributed by atoms with Crippen LogP contribution >= 0.6 is 11.3 Å². The number of ether oxygens (including phenoxy) is 1. The molecule has 0 fully saturated rings. The van der Waals surface area contributed by atoms with Crippen molar-refractivity contribution in [3.8, 4) is 11.5 Å². The maximum atomic E-state index is 13.2. The summed E-state index contributed by atoms with van der Waals surface area (Å²) in [4.78, 5) is 0. The zero-order valence-electron chi connectivity index (χ0n) is 9.97. The van der Waals surface area contributed by atoms with Gasteiger partial charge in [-0.05, 0) is 47.8 Å². The molecule has 96 valence electrons. The van der Waals surface area contributed by atoms with E-state index in [-0.39, 0.29) is 11.6 Å². The highest BCUT2D eigenvalue weighted by Gasteiger charge is 2.06. The Hall–Kier alpha value is -2.07. The molecule has 4 heteroatoms. The zero-order valence-corrected chi connectivity index (χ0v) is 10.8. The van der Waals surface area contributed by atoms with Gasteiger partial charge in [0.25, 0.3) is 0 Å². The second-order valence-electron chi connectivity index (χ2n) is 4.18. The minimum Gasteiger partial charge on any atom is -0.508 e. The molecule has 0 aliphatic carbocycles. The van der Waals surface area contributed by atoms with E-state index in [1.807, 2.05) is 5.38 Å². The molecule has 0 aliphatic rings. The van der Waals surface area contributed by atoms with Gasteiger partial charge in [0.2, 0.25) is 0 Å². The van der Waals surface area contributed by atoms with Crippen LogP contribution in [0, 0.1) is 5.82 Å². The fourth-order valence-electron chi connectivity index (χ4n) is 1.87. The molecule has 0 radical (unpaired) electrons. The van der Waals surface area contributed by atoms with Crippen molar-refractivity contribution in [1.29, 1.82) is 0 Å². The summed E-state index contributed by atoms with van der Waals surface area (Å²) in [5, 5.41) is 12.1. The number of phenolic OH excluding ortho intramolecular Hbond substituents is 1. The standard InChI is InChI=1S/C15H11FO2S/c16-11-1-6-15-14(7-11)10(9-19-15)8-18-13-4-2-12(17)3-5-13/h1-7,9,17H,8H2.